The van der Waals surface area contributed by atoms with Crippen LogP contribution < -0.4 is 4.90 Å². The van der Waals surface area contributed by atoms with Crippen molar-refractivity contribution in [1.82, 2.24) is 0 Å². The van der Waals surface area contributed by atoms with Crippen molar-refractivity contribution in [3.05, 3.63) is 28.2 Å². The van der Waals surface area contributed by atoms with Crippen LogP contribution in [0.25, 0.3) is 0 Å². The quantitative estimate of drug-likeness (QED) is 0.902. The second kappa shape index (κ2) is 5.40. The third-order valence-electron chi connectivity index (χ3n) is 3.64. The Labute approximate surface area is 112 Å². The average molecular weight is 298 g/mol. The highest BCUT2D eigenvalue weighted by Gasteiger charge is 2.24. The van der Waals surface area contributed by atoms with Crippen LogP contribution in [0, 0.1) is 5.92 Å². The van der Waals surface area contributed by atoms with E-state index in [0.717, 1.165) is 22.5 Å². The van der Waals surface area contributed by atoms with Gasteiger partial charge in [0, 0.05) is 28.3 Å². The first-order valence-electron chi connectivity index (χ1n) is 6.27. The molecule has 1 fully saturated rings. The molecule has 1 heterocycles. The number of hydrogen-bond donors (Lipinski definition) is 1. The van der Waals surface area contributed by atoms with Crippen molar-refractivity contribution in [1.29, 1.82) is 0 Å². The minimum atomic E-state index is 0.104. The monoisotopic (exact) mass is 297 g/mol. The topological polar surface area (TPSA) is 23.5 Å². The van der Waals surface area contributed by atoms with E-state index in [1.165, 1.54) is 18.5 Å². The summed E-state index contributed by atoms with van der Waals surface area (Å²) < 4.78 is 1.03. The molecule has 0 spiro atoms. The van der Waals surface area contributed by atoms with Gasteiger partial charge >= 0.3 is 0 Å². The lowest BCUT2D eigenvalue weighted by Gasteiger charge is -2.39. The predicted molar refractivity (Wildman–Crippen MR) is 75.3 cm³/mol. The summed E-state index contributed by atoms with van der Waals surface area (Å²) in [6, 6.07) is 6.75. The molecule has 1 aliphatic rings. The SMILES string of the molecule is CC1CCC(C)N(c2ccc(Br)cc2CO)C1. The van der Waals surface area contributed by atoms with E-state index < -0.39 is 0 Å². The van der Waals surface area contributed by atoms with Gasteiger partial charge in [-0.2, -0.15) is 0 Å². The van der Waals surface area contributed by atoms with E-state index in [-0.39, 0.29) is 6.61 Å². The molecule has 2 rings (SSSR count). The number of aliphatic hydroxyl groups is 1. The average Bonchev–Trinajstić information content (AvgIpc) is 2.32. The van der Waals surface area contributed by atoms with Gasteiger partial charge in [-0.25, -0.2) is 0 Å². The van der Waals surface area contributed by atoms with Crippen molar-refractivity contribution in [3.8, 4) is 0 Å². The summed E-state index contributed by atoms with van der Waals surface area (Å²) in [6.45, 7) is 5.77. The molecule has 1 aliphatic heterocycles. The van der Waals surface area contributed by atoms with E-state index in [9.17, 15) is 5.11 Å². The Morgan fingerprint density at radius 2 is 2.12 bits per heavy atom. The van der Waals surface area contributed by atoms with E-state index in [1.54, 1.807) is 0 Å². The van der Waals surface area contributed by atoms with Gasteiger partial charge < -0.3 is 10.0 Å². The van der Waals surface area contributed by atoms with Crippen molar-refractivity contribution >= 4 is 21.6 Å². The second-order valence-electron chi connectivity index (χ2n) is 5.12. The van der Waals surface area contributed by atoms with E-state index in [4.69, 9.17) is 0 Å². The molecule has 0 aromatic heterocycles. The summed E-state index contributed by atoms with van der Waals surface area (Å²) >= 11 is 3.46. The Bertz CT molecular complexity index is 394. The van der Waals surface area contributed by atoms with Crippen LogP contribution in [0.15, 0.2) is 22.7 Å². The van der Waals surface area contributed by atoms with Crippen molar-refractivity contribution in [2.75, 3.05) is 11.4 Å². The number of halogens is 1. The summed E-state index contributed by atoms with van der Waals surface area (Å²) in [5.41, 5.74) is 2.20. The van der Waals surface area contributed by atoms with Gasteiger partial charge in [0.15, 0.2) is 0 Å². The van der Waals surface area contributed by atoms with Crippen molar-refractivity contribution in [2.45, 2.75) is 39.3 Å². The van der Waals surface area contributed by atoms with Gasteiger partial charge in [-0.05, 0) is 43.9 Å². The highest BCUT2D eigenvalue weighted by atomic mass is 79.9. The van der Waals surface area contributed by atoms with Crippen LogP contribution in [0.3, 0.4) is 0 Å². The lowest BCUT2D eigenvalue weighted by atomic mass is 9.94. The Morgan fingerprint density at radius 1 is 1.35 bits per heavy atom. The fourth-order valence-electron chi connectivity index (χ4n) is 2.59. The summed E-state index contributed by atoms with van der Waals surface area (Å²) in [4.78, 5) is 2.44. The molecular formula is C14H20BrNO. The normalized spacial score (nSPS) is 25.1. The Morgan fingerprint density at radius 3 is 2.82 bits per heavy atom. The number of anilines is 1. The third-order valence-corrected chi connectivity index (χ3v) is 4.13. The molecule has 2 atom stereocenters. The first-order valence-corrected chi connectivity index (χ1v) is 7.07. The van der Waals surface area contributed by atoms with E-state index in [2.05, 4.69) is 46.8 Å². The molecule has 1 N–H and O–H groups in total. The zero-order valence-corrected chi connectivity index (χ0v) is 12.1. The zero-order valence-electron chi connectivity index (χ0n) is 10.5. The molecular weight excluding hydrogens is 278 g/mol. The molecule has 1 aromatic rings. The van der Waals surface area contributed by atoms with Crippen LogP contribution in [-0.2, 0) is 6.61 Å². The molecule has 2 nitrogen and oxygen atoms in total. The fraction of sp³-hybridized carbons (Fsp3) is 0.571. The molecule has 94 valence electrons. The molecule has 2 unspecified atom stereocenters. The number of rotatable bonds is 2. The van der Waals surface area contributed by atoms with Crippen molar-refractivity contribution in [3.63, 3.8) is 0 Å². The van der Waals surface area contributed by atoms with Gasteiger partial charge in [0.1, 0.15) is 0 Å². The lowest BCUT2D eigenvalue weighted by molar-refractivity contribution is 0.281. The van der Waals surface area contributed by atoms with Crippen LogP contribution >= 0.6 is 15.9 Å². The molecule has 0 radical (unpaired) electrons. The van der Waals surface area contributed by atoms with Crippen LogP contribution in [0.1, 0.15) is 32.3 Å². The van der Waals surface area contributed by atoms with Gasteiger partial charge in [-0.15, -0.1) is 0 Å². The first-order chi connectivity index (χ1) is 8.11. The minimum absolute atomic E-state index is 0.104. The van der Waals surface area contributed by atoms with Crippen molar-refractivity contribution < 1.29 is 5.11 Å². The molecule has 0 amide bonds. The largest absolute Gasteiger partial charge is 0.392 e. The van der Waals surface area contributed by atoms with Crippen LogP contribution in [0.2, 0.25) is 0 Å². The second-order valence-corrected chi connectivity index (χ2v) is 6.03. The van der Waals surface area contributed by atoms with Crippen molar-refractivity contribution in [2.24, 2.45) is 5.92 Å². The zero-order chi connectivity index (χ0) is 12.4. The third kappa shape index (κ3) is 2.83. The van der Waals surface area contributed by atoms with E-state index >= 15 is 0 Å². The van der Waals surface area contributed by atoms with Crippen LogP contribution in [0.5, 0.6) is 0 Å². The number of hydrogen-bond acceptors (Lipinski definition) is 2. The molecule has 1 saturated heterocycles. The molecule has 17 heavy (non-hydrogen) atoms. The lowest BCUT2D eigenvalue weighted by Crippen LogP contribution is -2.41. The summed E-state index contributed by atoms with van der Waals surface area (Å²) in [5.74, 6) is 0.737. The van der Waals surface area contributed by atoms with Gasteiger partial charge in [0.25, 0.3) is 0 Å². The standard InChI is InChI=1S/C14H20BrNO/c1-10-3-4-11(2)16(8-10)14-6-5-13(15)7-12(14)9-17/h5-7,10-11,17H,3-4,8-9H2,1-2H3. The molecule has 0 bridgehead atoms. The predicted octanol–water partition coefficient (Wildman–Crippen LogP) is 3.57. The number of aliphatic hydroxyl groups excluding tert-OH is 1. The summed E-state index contributed by atoms with van der Waals surface area (Å²) in [6.07, 6.45) is 2.55. The van der Waals surface area contributed by atoms with Gasteiger partial charge in [0.05, 0.1) is 6.61 Å². The summed E-state index contributed by atoms with van der Waals surface area (Å²) in [5, 5.41) is 9.48. The molecule has 0 saturated carbocycles. The van der Waals surface area contributed by atoms with Crippen LogP contribution in [0.4, 0.5) is 5.69 Å². The Balaban J connectivity index is 2.31. The van der Waals surface area contributed by atoms with E-state index in [0.29, 0.717) is 6.04 Å². The number of nitrogens with zero attached hydrogens (tertiary/aromatic N) is 1. The molecule has 1 aromatic carbocycles. The number of piperidine rings is 1. The number of benzene rings is 1. The summed E-state index contributed by atoms with van der Waals surface area (Å²) in [7, 11) is 0. The highest BCUT2D eigenvalue weighted by molar-refractivity contribution is 9.10. The Hall–Kier alpha value is -0.540. The maximum atomic E-state index is 9.48. The Kier molecular flexibility index (Phi) is 4.10. The highest BCUT2D eigenvalue weighted by Crippen LogP contribution is 2.31. The smallest absolute Gasteiger partial charge is 0.0702 e. The molecule has 3 heteroatoms. The van der Waals surface area contributed by atoms with E-state index in [1.807, 2.05) is 6.07 Å². The fourth-order valence-corrected chi connectivity index (χ4v) is 2.99. The van der Waals surface area contributed by atoms with Gasteiger partial charge in [0.2, 0.25) is 0 Å². The van der Waals surface area contributed by atoms with Gasteiger partial charge in [-0.3, -0.25) is 0 Å². The van der Waals surface area contributed by atoms with Gasteiger partial charge in [-0.1, -0.05) is 22.9 Å². The maximum absolute atomic E-state index is 9.48. The minimum Gasteiger partial charge on any atom is -0.392 e. The first kappa shape index (κ1) is 12.9. The van der Waals surface area contributed by atoms with Crippen LogP contribution in [-0.4, -0.2) is 17.7 Å². The maximum Gasteiger partial charge on any atom is 0.0702 e. The molecule has 0 aliphatic carbocycles.